The zero-order valence-corrected chi connectivity index (χ0v) is 20.3. The number of terminal acetylenes is 1. The van der Waals surface area contributed by atoms with Crippen molar-refractivity contribution in [1.29, 1.82) is 0 Å². The zero-order chi connectivity index (χ0) is 24.9. The predicted molar refractivity (Wildman–Crippen MR) is 141 cm³/mol. The van der Waals surface area contributed by atoms with Crippen LogP contribution in [0, 0.1) is 19.3 Å². The van der Waals surface area contributed by atoms with Crippen LogP contribution in [-0.2, 0) is 0 Å². The van der Waals surface area contributed by atoms with Crippen molar-refractivity contribution in [3.63, 3.8) is 0 Å². The zero-order valence-electron chi connectivity index (χ0n) is 20.3. The van der Waals surface area contributed by atoms with Gasteiger partial charge in [-0.05, 0) is 60.4 Å². The first-order chi connectivity index (χ1) is 16.9. The monoisotopic (exact) mass is 465 g/mol. The van der Waals surface area contributed by atoms with Crippen LogP contribution in [0.1, 0.15) is 36.5 Å². The van der Waals surface area contributed by atoms with Crippen LogP contribution >= 0.6 is 0 Å². The minimum absolute atomic E-state index is 0.136. The molecule has 3 aromatic carbocycles. The van der Waals surface area contributed by atoms with Gasteiger partial charge in [0.05, 0.1) is 24.2 Å². The predicted octanol–water partition coefficient (Wildman–Crippen LogP) is 5.40. The van der Waals surface area contributed by atoms with Gasteiger partial charge in [-0.25, -0.2) is 4.98 Å². The summed E-state index contributed by atoms with van der Waals surface area (Å²) in [5.41, 5.74) is 3.81. The number of hydrogen-bond acceptors (Lipinski definition) is 5. The molecule has 6 heteroatoms. The molecule has 35 heavy (non-hydrogen) atoms. The molecule has 6 nitrogen and oxygen atoms in total. The maximum atomic E-state index is 13.6. The number of methoxy groups -OCH3 is 1. The number of para-hydroxylation sites is 2. The summed E-state index contributed by atoms with van der Waals surface area (Å²) in [6, 6.07) is 18.7. The van der Waals surface area contributed by atoms with Gasteiger partial charge in [0.25, 0.3) is 5.56 Å². The highest BCUT2D eigenvalue weighted by molar-refractivity contribution is 5.84. The lowest BCUT2D eigenvalue weighted by atomic mass is 9.96. The summed E-state index contributed by atoms with van der Waals surface area (Å²) in [7, 11) is 1.66. The molecule has 0 atom stereocenters. The molecule has 0 radical (unpaired) electrons. The third-order valence-electron chi connectivity index (χ3n) is 5.74. The number of rotatable bonds is 7. The average Bonchev–Trinajstić information content (AvgIpc) is 2.87. The Bertz CT molecular complexity index is 1510. The summed E-state index contributed by atoms with van der Waals surface area (Å²) < 4.78 is 12.6. The smallest absolute Gasteiger partial charge is 0.282 e. The lowest BCUT2D eigenvalue weighted by molar-refractivity contribution is 0.370. The van der Waals surface area contributed by atoms with E-state index in [9.17, 15) is 4.79 Å². The van der Waals surface area contributed by atoms with Crippen molar-refractivity contribution in [2.24, 2.45) is 5.10 Å². The first kappa shape index (κ1) is 23.8. The van der Waals surface area contributed by atoms with Crippen molar-refractivity contribution in [2.45, 2.75) is 26.7 Å². The highest BCUT2D eigenvalue weighted by Gasteiger charge is 2.18. The topological polar surface area (TPSA) is 65.7 Å². The summed E-state index contributed by atoms with van der Waals surface area (Å²) in [5.74, 6) is 4.52. The molecule has 176 valence electrons. The van der Waals surface area contributed by atoms with Crippen LogP contribution < -0.4 is 15.0 Å². The van der Waals surface area contributed by atoms with E-state index in [1.807, 2.05) is 61.5 Å². The molecule has 0 N–H and O–H groups in total. The fourth-order valence-electron chi connectivity index (χ4n) is 3.93. The fraction of sp³-hybridized carbons (Fsp3) is 0.207. The summed E-state index contributed by atoms with van der Waals surface area (Å²) in [4.78, 5) is 18.4. The van der Waals surface area contributed by atoms with Gasteiger partial charge in [-0.15, -0.1) is 6.42 Å². The average molecular weight is 466 g/mol. The van der Waals surface area contributed by atoms with Gasteiger partial charge < -0.3 is 9.47 Å². The first-order valence-corrected chi connectivity index (χ1v) is 11.3. The van der Waals surface area contributed by atoms with Crippen LogP contribution in [0.25, 0.3) is 22.3 Å². The van der Waals surface area contributed by atoms with Crippen LogP contribution in [0.3, 0.4) is 0 Å². The van der Waals surface area contributed by atoms with Gasteiger partial charge in [-0.2, -0.15) is 9.78 Å². The molecule has 1 aromatic heterocycles. The molecule has 0 unspecified atom stereocenters. The summed E-state index contributed by atoms with van der Waals surface area (Å²) in [6.07, 6.45) is 6.94. The van der Waals surface area contributed by atoms with E-state index in [0.29, 0.717) is 28.0 Å². The van der Waals surface area contributed by atoms with Gasteiger partial charge in [-0.1, -0.05) is 44.0 Å². The van der Waals surface area contributed by atoms with E-state index in [1.165, 1.54) is 4.68 Å². The molecule has 0 aliphatic carbocycles. The largest absolute Gasteiger partial charge is 0.496 e. The molecule has 0 fully saturated rings. The van der Waals surface area contributed by atoms with Gasteiger partial charge in [0.2, 0.25) is 0 Å². The number of hydrogen-bond donors (Lipinski definition) is 0. The number of benzene rings is 3. The fourth-order valence-corrected chi connectivity index (χ4v) is 3.93. The van der Waals surface area contributed by atoms with Crippen LogP contribution in [0.15, 0.2) is 70.6 Å². The molecule has 0 saturated carbocycles. The van der Waals surface area contributed by atoms with Gasteiger partial charge in [-0.3, -0.25) is 4.79 Å². The van der Waals surface area contributed by atoms with E-state index in [1.54, 1.807) is 19.4 Å². The van der Waals surface area contributed by atoms with Crippen LogP contribution in [-0.4, -0.2) is 29.6 Å². The minimum atomic E-state index is -0.259. The van der Waals surface area contributed by atoms with Crippen molar-refractivity contribution in [2.75, 3.05) is 13.7 Å². The Balaban J connectivity index is 1.96. The number of nitrogens with zero attached hydrogens (tertiary/aromatic N) is 3. The number of fused-ring (bicyclic) bond motifs is 1. The van der Waals surface area contributed by atoms with Crippen LogP contribution in [0.2, 0.25) is 0 Å². The standard InChI is InChI=1S/C29H27N3O3/c1-6-15-35-26-14-10-7-11-21(26)18-30-32-28(31-25-13-9-8-12-22(25)29(32)33)24-17-23(19(2)3)27(34-5)16-20(24)4/h1,7-14,16-19H,15H2,2-5H3. The third kappa shape index (κ3) is 4.80. The number of aromatic nitrogens is 2. The molecule has 0 spiro atoms. The normalized spacial score (nSPS) is 11.2. The summed E-state index contributed by atoms with van der Waals surface area (Å²) in [6.45, 7) is 6.31. The van der Waals surface area contributed by atoms with Crippen molar-refractivity contribution in [3.05, 3.63) is 87.7 Å². The number of ether oxygens (including phenoxy) is 2. The van der Waals surface area contributed by atoms with Gasteiger partial charge in [0.15, 0.2) is 5.82 Å². The van der Waals surface area contributed by atoms with E-state index in [2.05, 4.69) is 24.9 Å². The maximum Gasteiger partial charge on any atom is 0.282 e. The minimum Gasteiger partial charge on any atom is -0.496 e. The Morgan fingerprint density at radius 1 is 1.11 bits per heavy atom. The van der Waals surface area contributed by atoms with Gasteiger partial charge in [0, 0.05) is 11.1 Å². The second-order valence-electron chi connectivity index (χ2n) is 8.41. The Morgan fingerprint density at radius 2 is 1.86 bits per heavy atom. The van der Waals surface area contributed by atoms with E-state index in [0.717, 1.165) is 22.4 Å². The quantitative estimate of drug-likeness (QED) is 0.271. The third-order valence-corrected chi connectivity index (χ3v) is 5.74. The van der Waals surface area contributed by atoms with E-state index < -0.39 is 0 Å². The second kappa shape index (κ2) is 10.3. The molecule has 4 aromatic rings. The van der Waals surface area contributed by atoms with E-state index in [4.69, 9.17) is 20.9 Å². The molecule has 0 saturated heterocycles. The van der Waals surface area contributed by atoms with Crippen molar-refractivity contribution >= 4 is 17.1 Å². The highest BCUT2D eigenvalue weighted by Crippen LogP contribution is 2.34. The second-order valence-corrected chi connectivity index (χ2v) is 8.41. The molecule has 1 heterocycles. The molecular formula is C29H27N3O3. The Labute approximate surface area is 204 Å². The first-order valence-electron chi connectivity index (χ1n) is 11.3. The van der Waals surface area contributed by atoms with E-state index in [-0.39, 0.29) is 18.1 Å². The Kier molecular flexibility index (Phi) is 6.98. The molecule has 0 amide bonds. The van der Waals surface area contributed by atoms with Crippen LogP contribution in [0.4, 0.5) is 0 Å². The molecule has 0 aliphatic heterocycles. The summed E-state index contributed by atoms with van der Waals surface area (Å²) >= 11 is 0. The lowest BCUT2D eigenvalue weighted by Crippen LogP contribution is -2.21. The number of aryl methyl sites for hydroxylation is 1. The van der Waals surface area contributed by atoms with Crippen molar-refractivity contribution in [3.8, 4) is 35.2 Å². The molecular weight excluding hydrogens is 438 g/mol. The van der Waals surface area contributed by atoms with Gasteiger partial charge in [0.1, 0.15) is 18.1 Å². The van der Waals surface area contributed by atoms with Crippen molar-refractivity contribution in [1.82, 2.24) is 9.66 Å². The highest BCUT2D eigenvalue weighted by atomic mass is 16.5. The Hall–Kier alpha value is -4.37. The van der Waals surface area contributed by atoms with Crippen LogP contribution in [0.5, 0.6) is 11.5 Å². The van der Waals surface area contributed by atoms with Crippen molar-refractivity contribution < 1.29 is 9.47 Å². The van der Waals surface area contributed by atoms with Gasteiger partial charge >= 0.3 is 0 Å². The lowest BCUT2D eigenvalue weighted by Gasteiger charge is -2.17. The Morgan fingerprint density at radius 3 is 2.60 bits per heavy atom. The molecule has 4 rings (SSSR count). The van der Waals surface area contributed by atoms with E-state index >= 15 is 0 Å². The molecule has 0 bridgehead atoms. The molecule has 0 aliphatic rings. The summed E-state index contributed by atoms with van der Waals surface area (Å²) in [5, 5.41) is 5.07. The maximum absolute atomic E-state index is 13.6. The SMILES string of the molecule is C#CCOc1ccccc1C=Nn1c(-c2cc(C(C)C)c(OC)cc2C)nc2ccccc2c1=O.